The summed E-state index contributed by atoms with van der Waals surface area (Å²) in [6.45, 7) is 1.33. The van der Waals surface area contributed by atoms with Gasteiger partial charge >= 0.3 is 0 Å². The molecule has 2 nitrogen and oxygen atoms in total. The molecule has 0 fully saturated rings. The lowest BCUT2D eigenvalue weighted by atomic mass is 9.37. The van der Waals surface area contributed by atoms with E-state index in [4.69, 9.17) is 4.74 Å². The number of ether oxygens (including phenoxy) is 1. The van der Waals surface area contributed by atoms with Gasteiger partial charge in [0.1, 0.15) is 0 Å². The second kappa shape index (κ2) is 11.2. The number of benzene rings is 5. The molecule has 0 radical (unpaired) electrons. The highest BCUT2D eigenvalue weighted by Gasteiger charge is 2.21. The SMILES string of the molecule is O=c1c2ccccc2sc2ccc(COCCc3ccc(B(c4ccccc4)c4ccccc4)cc3)cc12. The van der Waals surface area contributed by atoms with Crippen LogP contribution in [0.15, 0.2) is 132 Å². The van der Waals surface area contributed by atoms with Crippen LogP contribution in [-0.2, 0) is 17.8 Å². The van der Waals surface area contributed by atoms with Crippen LogP contribution < -0.4 is 21.8 Å². The molecule has 0 spiro atoms. The second-order valence-corrected chi connectivity index (χ2v) is 10.6. The van der Waals surface area contributed by atoms with Gasteiger partial charge in [0.2, 0.25) is 6.71 Å². The van der Waals surface area contributed by atoms with E-state index in [2.05, 4.69) is 91.0 Å². The van der Waals surface area contributed by atoms with Gasteiger partial charge in [0.25, 0.3) is 0 Å². The summed E-state index contributed by atoms with van der Waals surface area (Å²) in [5.74, 6) is 0. The average molecular weight is 510 g/mol. The van der Waals surface area contributed by atoms with Crippen molar-refractivity contribution in [3.8, 4) is 0 Å². The molecule has 1 heterocycles. The molecule has 0 aliphatic heterocycles. The quantitative estimate of drug-likeness (QED) is 0.149. The number of fused-ring (bicyclic) bond motifs is 2. The molecule has 4 heteroatoms. The van der Waals surface area contributed by atoms with Gasteiger partial charge in [-0.05, 0) is 41.8 Å². The van der Waals surface area contributed by atoms with Crippen LogP contribution >= 0.6 is 11.3 Å². The Bertz CT molecular complexity index is 1690. The molecule has 0 N–H and O–H groups in total. The van der Waals surface area contributed by atoms with Crippen LogP contribution in [0.1, 0.15) is 11.1 Å². The molecule has 184 valence electrons. The molecule has 6 aromatic rings. The van der Waals surface area contributed by atoms with E-state index >= 15 is 0 Å². The number of hydrogen-bond donors (Lipinski definition) is 0. The van der Waals surface area contributed by atoms with Crippen LogP contribution in [0, 0.1) is 0 Å². The molecule has 0 aliphatic carbocycles. The summed E-state index contributed by atoms with van der Waals surface area (Å²) >= 11 is 1.66. The minimum atomic E-state index is 0.0978. The van der Waals surface area contributed by atoms with Gasteiger partial charge in [-0.2, -0.15) is 0 Å². The minimum absolute atomic E-state index is 0.0978. The van der Waals surface area contributed by atoms with Crippen LogP contribution in [0.25, 0.3) is 20.2 Å². The van der Waals surface area contributed by atoms with Crippen molar-refractivity contribution < 1.29 is 4.74 Å². The Morgan fingerprint density at radius 2 is 1.16 bits per heavy atom. The van der Waals surface area contributed by atoms with Crippen molar-refractivity contribution >= 4 is 54.6 Å². The first kappa shape index (κ1) is 24.4. The largest absolute Gasteiger partial charge is 0.376 e. The zero-order valence-corrected chi connectivity index (χ0v) is 21.9. The topological polar surface area (TPSA) is 26.3 Å². The summed E-state index contributed by atoms with van der Waals surface area (Å²) in [5.41, 5.74) is 6.24. The van der Waals surface area contributed by atoms with Crippen molar-refractivity contribution in [3.63, 3.8) is 0 Å². The molecule has 38 heavy (non-hydrogen) atoms. The van der Waals surface area contributed by atoms with Gasteiger partial charge in [0.05, 0.1) is 13.2 Å². The monoisotopic (exact) mass is 510 g/mol. The highest BCUT2D eigenvalue weighted by atomic mass is 32.1. The van der Waals surface area contributed by atoms with Gasteiger partial charge in [-0.1, -0.05) is 120 Å². The molecule has 0 saturated carbocycles. The predicted octanol–water partition coefficient (Wildman–Crippen LogP) is 5.69. The third-order valence-electron chi connectivity index (χ3n) is 7.02. The van der Waals surface area contributed by atoms with Crippen molar-refractivity contribution in [1.29, 1.82) is 0 Å². The summed E-state index contributed by atoms with van der Waals surface area (Å²) in [5, 5.41) is 1.56. The van der Waals surface area contributed by atoms with E-state index in [0.717, 1.165) is 32.2 Å². The summed E-state index contributed by atoms with van der Waals surface area (Å²) in [6, 6.07) is 44.2. The fourth-order valence-electron chi connectivity index (χ4n) is 5.07. The highest BCUT2D eigenvalue weighted by molar-refractivity contribution is 7.24. The standard InChI is InChI=1S/C34H27BO2S/c36-34-30-13-7-8-14-32(30)38-33-20-17-26(23-31(33)34)24-37-22-21-25-15-18-29(19-16-25)35(27-9-3-1-4-10-27)28-11-5-2-6-12-28/h1-20,23H,21-22,24H2. The molecule has 0 atom stereocenters. The van der Waals surface area contributed by atoms with Gasteiger partial charge in [0.15, 0.2) is 5.43 Å². The molecular formula is C34H27BO2S. The third-order valence-corrected chi connectivity index (χ3v) is 8.17. The van der Waals surface area contributed by atoms with Gasteiger partial charge in [-0.25, -0.2) is 0 Å². The Hall–Kier alpha value is -3.99. The van der Waals surface area contributed by atoms with E-state index < -0.39 is 0 Å². The molecule has 0 bridgehead atoms. The van der Waals surface area contributed by atoms with Gasteiger partial charge < -0.3 is 4.74 Å². The van der Waals surface area contributed by atoms with E-state index in [9.17, 15) is 4.79 Å². The first-order valence-corrected chi connectivity index (χ1v) is 13.8. The molecule has 0 saturated heterocycles. The third kappa shape index (κ3) is 5.19. The van der Waals surface area contributed by atoms with Crippen molar-refractivity contribution in [1.82, 2.24) is 0 Å². The Kier molecular flexibility index (Phi) is 7.17. The van der Waals surface area contributed by atoms with E-state index in [1.54, 1.807) is 11.3 Å². The smallest absolute Gasteiger partial charge is 0.241 e. The van der Waals surface area contributed by atoms with Crippen LogP contribution in [0.4, 0.5) is 0 Å². The maximum atomic E-state index is 13.0. The maximum Gasteiger partial charge on any atom is 0.241 e. The van der Waals surface area contributed by atoms with Gasteiger partial charge in [0, 0.05) is 20.2 Å². The molecule has 0 amide bonds. The zero-order chi connectivity index (χ0) is 25.7. The minimum Gasteiger partial charge on any atom is -0.376 e. The molecule has 6 rings (SSSR count). The van der Waals surface area contributed by atoms with E-state index in [-0.39, 0.29) is 12.1 Å². The Morgan fingerprint density at radius 1 is 0.579 bits per heavy atom. The summed E-state index contributed by atoms with van der Waals surface area (Å²) in [6.07, 6.45) is 0.842. The number of hydrogen-bond acceptors (Lipinski definition) is 3. The normalized spacial score (nSPS) is 11.2. The van der Waals surface area contributed by atoms with Crippen molar-refractivity contribution in [2.24, 2.45) is 0 Å². The first-order chi connectivity index (χ1) is 18.8. The lowest BCUT2D eigenvalue weighted by Crippen LogP contribution is -2.51. The maximum absolute atomic E-state index is 13.0. The number of rotatable bonds is 8. The second-order valence-electron chi connectivity index (χ2n) is 9.56. The average Bonchev–Trinajstić information content (AvgIpc) is 2.98. The Labute approximate surface area is 227 Å². The summed E-state index contributed by atoms with van der Waals surface area (Å²) < 4.78 is 8.06. The lowest BCUT2D eigenvalue weighted by molar-refractivity contribution is 0.124. The van der Waals surface area contributed by atoms with Crippen molar-refractivity contribution in [2.45, 2.75) is 13.0 Å². The Balaban J connectivity index is 1.12. The fraction of sp³-hybridized carbons (Fsp3) is 0.0882. The van der Waals surface area contributed by atoms with Crippen LogP contribution in [0.2, 0.25) is 0 Å². The van der Waals surface area contributed by atoms with E-state index in [1.807, 2.05) is 36.4 Å². The zero-order valence-electron chi connectivity index (χ0n) is 21.0. The first-order valence-electron chi connectivity index (χ1n) is 13.0. The van der Waals surface area contributed by atoms with Gasteiger partial charge in [-0.3, -0.25) is 4.79 Å². The van der Waals surface area contributed by atoms with Crippen LogP contribution in [0.3, 0.4) is 0 Å². The van der Waals surface area contributed by atoms with E-state index in [1.165, 1.54) is 22.0 Å². The van der Waals surface area contributed by atoms with Crippen molar-refractivity contribution in [3.05, 3.63) is 149 Å². The fourth-order valence-corrected chi connectivity index (χ4v) is 6.12. The van der Waals surface area contributed by atoms with E-state index in [0.29, 0.717) is 13.2 Å². The molecular weight excluding hydrogens is 483 g/mol. The highest BCUT2D eigenvalue weighted by Crippen LogP contribution is 2.25. The summed E-state index contributed by atoms with van der Waals surface area (Å²) in [4.78, 5) is 13.0. The molecule has 5 aromatic carbocycles. The van der Waals surface area contributed by atoms with Crippen LogP contribution in [-0.4, -0.2) is 13.3 Å². The molecule has 0 aliphatic rings. The van der Waals surface area contributed by atoms with Crippen LogP contribution in [0.5, 0.6) is 0 Å². The predicted molar refractivity (Wildman–Crippen MR) is 163 cm³/mol. The van der Waals surface area contributed by atoms with Gasteiger partial charge in [-0.15, -0.1) is 11.3 Å². The molecule has 0 unspecified atom stereocenters. The summed E-state index contributed by atoms with van der Waals surface area (Å²) in [7, 11) is 0. The lowest BCUT2D eigenvalue weighted by Gasteiger charge is -2.16. The molecule has 1 aromatic heterocycles. The Morgan fingerprint density at radius 3 is 1.87 bits per heavy atom. The van der Waals surface area contributed by atoms with Crippen molar-refractivity contribution in [2.75, 3.05) is 6.61 Å².